The Morgan fingerprint density at radius 2 is 1.95 bits per heavy atom. The average molecular weight is 318 g/mol. The van der Waals surface area contributed by atoms with Crippen LogP contribution >= 0.6 is 0 Å². The Hall–Kier alpha value is -1.83. The van der Waals surface area contributed by atoms with Gasteiger partial charge in [-0.1, -0.05) is 12.1 Å². The van der Waals surface area contributed by atoms with Gasteiger partial charge >= 0.3 is 6.11 Å². The molecule has 1 saturated heterocycles. The molecule has 0 spiro atoms. The predicted octanol–water partition coefficient (Wildman–Crippen LogP) is 3.39. The van der Waals surface area contributed by atoms with Crippen molar-refractivity contribution in [2.45, 2.75) is 19.0 Å². The van der Waals surface area contributed by atoms with E-state index in [1.807, 2.05) is 4.90 Å². The molecule has 1 aromatic rings. The third-order valence-electron chi connectivity index (χ3n) is 3.72. The van der Waals surface area contributed by atoms with Gasteiger partial charge in [0.25, 0.3) is 5.69 Å². The van der Waals surface area contributed by atoms with Gasteiger partial charge in [-0.2, -0.15) is 8.78 Å². The molecule has 5 nitrogen and oxygen atoms in total. The molecule has 0 N–H and O–H groups in total. The van der Waals surface area contributed by atoms with Gasteiger partial charge < -0.3 is 9.64 Å². The van der Waals surface area contributed by atoms with Gasteiger partial charge in [0.1, 0.15) is 5.69 Å². The molecule has 0 aliphatic carbocycles. The van der Waals surface area contributed by atoms with Crippen LogP contribution in [-0.4, -0.2) is 37.4 Å². The fourth-order valence-electron chi connectivity index (χ4n) is 2.50. The zero-order chi connectivity index (χ0) is 16.2. The van der Waals surface area contributed by atoms with E-state index < -0.39 is 17.7 Å². The number of piperidine rings is 1. The van der Waals surface area contributed by atoms with Crippen molar-refractivity contribution in [3.63, 3.8) is 0 Å². The minimum Gasteiger partial charge on any atom is -0.366 e. The van der Waals surface area contributed by atoms with E-state index in [1.165, 1.54) is 6.07 Å². The number of ether oxygens (including phenoxy) is 1. The van der Waals surface area contributed by atoms with E-state index in [9.17, 15) is 23.3 Å². The van der Waals surface area contributed by atoms with Gasteiger partial charge in [0, 0.05) is 19.2 Å². The summed E-state index contributed by atoms with van der Waals surface area (Å²) in [5, 5.41) is 11.0. The summed E-state index contributed by atoms with van der Waals surface area (Å²) in [6, 6.07) is 6.43. The topological polar surface area (TPSA) is 55.6 Å². The molecule has 8 heteroatoms. The maximum Gasteiger partial charge on any atom is 0.384 e. The molecule has 1 aliphatic rings. The van der Waals surface area contributed by atoms with Crippen LogP contribution in [-0.2, 0) is 4.74 Å². The van der Waals surface area contributed by atoms with E-state index in [1.54, 1.807) is 18.2 Å². The Bertz CT molecular complexity index is 520. The lowest BCUT2D eigenvalue weighted by molar-refractivity contribution is -0.384. The quantitative estimate of drug-likeness (QED) is 0.596. The highest BCUT2D eigenvalue weighted by Crippen LogP contribution is 2.31. The molecule has 0 saturated carbocycles. The van der Waals surface area contributed by atoms with Gasteiger partial charge in [-0.3, -0.25) is 10.1 Å². The first-order chi connectivity index (χ1) is 10.4. The summed E-state index contributed by atoms with van der Waals surface area (Å²) < 4.78 is 41.7. The van der Waals surface area contributed by atoms with Gasteiger partial charge in [-0.15, -0.1) is 0 Å². The molecule has 0 unspecified atom stereocenters. The van der Waals surface area contributed by atoms with Crippen LogP contribution in [0.5, 0.6) is 0 Å². The molecular formula is C14H17F3N2O3. The van der Waals surface area contributed by atoms with Crippen LogP contribution in [0.2, 0.25) is 0 Å². The minimum absolute atomic E-state index is 0.0289. The summed E-state index contributed by atoms with van der Waals surface area (Å²) in [6.45, 7) is -1.01. The van der Waals surface area contributed by atoms with Gasteiger partial charge in [-0.05, 0) is 24.8 Å². The molecule has 0 atom stereocenters. The lowest BCUT2D eigenvalue weighted by Crippen LogP contribution is -2.37. The number of hydrogen-bond acceptors (Lipinski definition) is 4. The SMILES string of the molecule is O=[N+]([O-])c1ccccc1N1CCC(COC(F)(F)CF)CC1. The van der Waals surface area contributed by atoms with Gasteiger partial charge in [0.05, 0.1) is 11.5 Å². The van der Waals surface area contributed by atoms with Crippen molar-refractivity contribution in [3.05, 3.63) is 34.4 Å². The van der Waals surface area contributed by atoms with Crippen molar-refractivity contribution in [2.75, 3.05) is 31.3 Å². The van der Waals surface area contributed by atoms with Crippen molar-refractivity contribution in [2.24, 2.45) is 5.92 Å². The zero-order valence-corrected chi connectivity index (χ0v) is 11.9. The molecule has 1 aromatic carbocycles. The number of para-hydroxylation sites is 2. The third kappa shape index (κ3) is 4.09. The third-order valence-corrected chi connectivity index (χ3v) is 3.72. The average Bonchev–Trinajstić information content (AvgIpc) is 2.53. The van der Waals surface area contributed by atoms with Crippen molar-refractivity contribution < 1.29 is 22.8 Å². The molecule has 0 radical (unpaired) electrons. The Labute approximate surface area is 125 Å². The molecule has 1 aliphatic heterocycles. The van der Waals surface area contributed by atoms with Crippen LogP contribution in [0.3, 0.4) is 0 Å². The maximum absolute atomic E-state index is 12.7. The number of nitro groups is 1. The monoisotopic (exact) mass is 318 g/mol. The van der Waals surface area contributed by atoms with Crippen molar-refractivity contribution in [1.29, 1.82) is 0 Å². The number of nitrogens with zero attached hydrogens (tertiary/aromatic N) is 2. The molecule has 2 rings (SSSR count). The van der Waals surface area contributed by atoms with Gasteiger partial charge in [0.15, 0.2) is 6.67 Å². The minimum atomic E-state index is -3.73. The van der Waals surface area contributed by atoms with E-state index in [2.05, 4.69) is 4.74 Å². The molecule has 1 fully saturated rings. The number of benzene rings is 1. The second-order valence-corrected chi connectivity index (χ2v) is 5.26. The van der Waals surface area contributed by atoms with Crippen LogP contribution < -0.4 is 4.90 Å². The number of alkyl halides is 3. The van der Waals surface area contributed by atoms with Crippen LogP contribution in [0.15, 0.2) is 24.3 Å². The first-order valence-corrected chi connectivity index (χ1v) is 6.99. The van der Waals surface area contributed by atoms with Crippen molar-refractivity contribution in [1.82, 2.24) is 0 Å². The molecule has 0 amide bonds. The summed E-state index contributed by atoms with van der Waals surface area (Å²) >= 11 is 0. The highest BCUT2D eigenvalue weighted by atomic mass is 19.3. The number of hydrogen-bond donors (Lipinski definition) is 0. The molecule has 1 heterocycles. The Balaban J connectivity index is 1.91. The van der Waals surface area contributed by atoms with E-state index in [0.717, 1.165) is 0 Å². The Morgan fingerprint density at radius 1 is 1.32 bits per heavy atom. The van der Waals surface area contributed by atoms with E-state index in [0.29, 0.717) is 31.6 Å². The second-order valence-electron chi connectivity index (χ2n) is 5.26. The van der Waals surface area contributed by atoms with E-state index in [-0.39, 0.29) is 18.2 Å². The van der Waals surface area contributed by atoms with E-state index in [4.69, 9.17) is 0 Å². The normalized spacial score (nSPS) is 16.8. The summed E-state index contributed by atoms with van der Waals surface area (Å²) in [4.78, 5) is 12.4. The first kappa shape index (κ1) is 16.5. The molecule has 0 bridgehead atoms. The smallest absolute Gasteiger partial charge is 0.366 e. The number of nitro benzene ring substituents is 1. The van der Waals surface area contributed by atoms with Crippen LogP contribution in [0.1, 0.15) is 12.8 Å². The standard InChI is InChI=1S/C14H17F3N2O3/c15-10-14(16,17)22-9-11-5-7-18(8-6-11)12-3-1-2-4-13(12)19(20)21/h1-4,11H,5-10H2. The fraction of sp³-hybridized carbons (Fsp3) is 0.571. The molecular weight excluding hydrogens is 301 g/mol. The van der Waals surface area contributed by atoms with Crippen LogP contribution in [0.4, 0.5) is 24.5 Å². The number of anilines is 1. The summed E-state index contributed by atoms with van der Waals surface area (Å²) in [6.07, 6.45) is -2.60. The Morgan fingerprint density at radius 3 is 2.55 bits per heavy atom. The zero-order valence-electron chi connectivity index (χ0n) is 11.9. The second kappa shape index (κ2) is 6.95. The summed E-state index contributed by atoms with van der Waals surface area (Å²) in [5.74, 6) is -0.101. The maximum atomic E-state index is 12.7. The van der Waals surface area contributed by atoms with Crippen LogP contribution in [0.25, 0.3) is 0 Å². The van der Waals surface area contributed by atoms with Crippen LogP contribution in [0, 0.1) is 16.0 Å². The van der Waals surface area contributed by atoms with E-state index >= 15 is 0 Å². The van der Waals surface area contributed by atoms with Gasteiger partial charge in [-0.25, -0.2) is 4.39 Å². The number of rotatable bonds is 6. The Kier molecular flexibility index (Phi) is 5.23. The lowest BCUT2D eigenvalue weighted by Gasteiger charge is -2.33. The summed E-state index contributed by atoms with van der Waals surface area (Å²) in [7, 11) is 0. The fourth-order valence-corrected chi connectivity index (χ4v) is 2.50. The number of halogens is 3. The van der Waals surface area contributed by atoms with Crippen molar-refractivity contribution in [3.8, 4) is 0 Å². The highest BCUT2D eigenvalue weighted by Gasteiger charge is 2.32. The highest BCUT2D eigenvalue weighted by molar-refractivity contribution is 5.63. The molecule has 22 heavy (non-hydrogen) atoms. The van der Waals surface area contributed by atoms with Gasteiger partial charge in [0.2, 0.25) is 0 Å². The molecule has 122 valence electrons. The summed E-state index contributed by atoms with van der Waals surface area (Å²) in [5.41, 5.74) is 0.558. The lowest BCUT2D eigenvalue weighted by atomic mass is 9.97. The van der Waals surface area contributed by atoms with Crippen molar-refractivity contribution >= 4 is 11.4 Å². The first-order valence-electron chi connectivity index (χ1n) is 6.99. The predicted molar refractivity (Wildman–Crippen MR) is 74.9 cm³/mol. The largest absolute Gasteiger partial charge is 0.384 e. The molecule has 0 aromatic heterocycles.